The van der Waals surface area contributed by atoms with Crippen molar-refractivity contribution in [2.45, 2.75) is 32.4 Å². The maximum atomic E-state index is 12.5. The van der Waals surface area contributed by atoms with Crippen molar-refractivity contribution < 1.29 is 19.0 Å². The summed E-state index contributed by atoms with van der Waals surface area (Å²) >= 11 is 0. The first-order chi connectivity index (χ1) is 10.9. The third-order valence-electron chi connectivity index (χ3n) is 3.66. The molecule has 0 unspecified atom stereocenters. The number of carbonyl (C=O) groups is 1. The summed E-state index contributed by atoms with van der Waals surface area (Å²) in [4.78, 5) is 14.3. The zero-order valence-electron chi connectivity index (χ0n) is 14.5. The van der Waals surface area contributed by atoms with E-state index in [0.717, 1.165) is 12.1 Å². The lowest BCUT2D eigenvalue weighted by atomic mass is 10.0. The standard InChI is InChI=1S/C17H26N2O4/c1-17(2,3)23-16(20)19-9-8-18-11-13(19)12-6-7-14(21-4)15(10-12)22-5/h6-7,10,13,18H,8-9,11H2,1-5H3/t13-/m0/s1. The highest BCUT2D eigenvalue weighted by molar-refractivity contribution is 5.69. The van der Waals surface area contributed by atoms with Gasteiger partial charge in [-0.25, -0.2) is 4.79 Å². The lowest BCUT2D eigenvalue weighted by molar-refractivity contribution is 0.0117. The van der Waals surface area contributed by atoms with Gasteiger partial charge in [0, 0.05) is 19.6 Å². The van der Waals surface area contributed by atoms with Gasteiger partial charge in [0.15, 0.2) is 11.5 Å². The smallest absolute Gasteiger partial charge is 0.410 e. The molecular weight excluding hydrogens is 296 g/mol. The van der Waals surface area contributed by atoms with Crippen LogP contribution in [0.15, 0.2) is 18.2 Å². The van der Waals surface area contributed by atoms with E-state index >= 15 is 0 Å². The summed E-state index contributed by atoms with van der Waals surface area (Å²) in [5, 5.41) is 3.33. The number of benzene rings is 1. The van der Waals surface area contributed by atoms with E-state index in [2.05, 4.69) is 5.32 Å². The van der Waals surface area contributed by atoms with Crippen molar-refractivity contribution in [1.29, 1.82) is 0 Å². The summed E-state index contributed by atoms with van der Waals surface area (Å²) in [5.41, 5.74) is 0.477. The molecule has 1 saturated heterocycles. The minimum Gasteiger partial charge on any atom is -0.493 e. The molecule has 0 aliphatic carbocycles. The predicted octanol–water partition coefficient (Wildman–Crippen LogP) is 2.59. The molecule has 1 N–H and O–H groups in total. The van der Waals surface area contributed by atoms with Crippen LogP contribution in [0.25, 0.3) is 0 Å². The molecule has 1 aliphatic heterocycles. The molecular formula is C17H26N2O4. The van der Waals surface area contributed by atoms with Gasteiger partial charge in [0.25, 0.3) is 0 Å². The zero-order valence-corrected chi connectivity index (χ0v) is 14.5. The molecule has 1 aromatic rings. The van der Waals surface area contributed by atoms with Crippen molar-refractivity contribution in [3.05, 3.63) is 23.8 Å². The first-order valence-electron chi connectivity index (χ1n) is 7.78. The van der Waals surface area contributed by atoms with Gasteiger partial charge >= 0.3 is 6.09 Å². The number of methoxy groups -OCH3 is 2. The van der Waals surface area contributed by atoms with Crippen molar-refractivity contribution in [2.75, 3.05) is 33.9 Å². The molecule has 1 fully saturated rings. The Morgan fingerprint density at radius 1 is 1.22 bits per heavy atom. The van der Waals surface area contributed by atoms with Gasteiger partial charge in [-0.3, -0.25) is 4.90 Å². The van der Waals surface area contributed by atoms with Gasteiger partial charge in [-0.2, -0.15) is 0 Å². The number of hydrogen-bond acceptors (Lipinski definition) is 5. The van der Waals surface area contributed by atoms with Crippen LogP contribution in [0.1, 0.15) is 32.4 Å². The average molecular weight is 322 g/mol. The lowest BCUT2D eigenvalue weighted by Crippen LogP contribution is -2.50. The number of nitrogens with zero attached hydrogens (tertiary/aromatic N) is 1. The van der Waals surface area contributed by atoms with Crippen LogP contribution < -0.4 is 14.8 Å². The van der Waals surface area contributed by atoms with Crippen molar-refractivity contribution >= 4 is 6.09 Å². The summed E-state index contributed by atoms with van der Waals surface area (Å²) in [6.45, 7) is 7.65. The molecule has 0 spiro atoms. The maximum absolute atomic E-state index is 12.5. The van der Waals surface area contributed by atoms with E-state index in [4.69, 9.17) is 14.2 Å². The Hall–Kier alpha value is -1.95. The lowest BCUT2D eigenvalue weighted by Gasteiger charge is -2.37. The average Bonchev–Trinajstić information content (AvgIpc) is 2.52. The third-order valence-corrected chi connectivity index (χ3v) is 3.66. The fraction of sp³-hybridized carbons (Fsp3) is 0.588. The number of piperazine rings is 1. The Kier molecular flexibility index (Phi) is 5.36. The first-order valence-corrected chi connectivity index (χ1v) is 7.78. The van der Waals surface area contributed by atoms with Gasteiger partial charge in [-0.05, 0) is 38.5 Å². The molecule has 2 rings (SSSR count). The Balaban J connectivity index is 2.26. The van der Waals surface area contributed by atoms with Gasteiger partial charge in [-0.15, -0.1) is 0 Å². The second kappa shape index (κ2) is 7.08. The van der Waals surface area contributed by atoms with Crippen LogP contribution in [0.4, 0.5) is 4.79 Å². The Morgan fingerprint density at radius 3 is 2.52 bits per heavy atom. The topological polar surface area (TPSA) is 60.0 Å². The molecule has 23 heavy (non-hydrogen) atoms. The molecule has 0 saturated carbocycles. The molecule has 1 amide bonds. The van der Waals surface area contributed by atoms with Crippen molar-refractivity contribution in [3.8, 4) is 11.5 Å². The molecule has 1 aliphatic rings. The van der Waals surface area contributed by atoms with Gasteiger partial charge in [0.1, 0.15) is 5.60 Å². The SMILES string of the molecule is COc1ccc([C@@H]2CNCCN2C(=O)OC(C)(C)C)cc1OC. The minimum absolute atomic E-state index is 0.0987. The van der Waals surface area contributed by atoms with E-state index in [0.29, 0.717) is 24.6 Å². The predicted molar refractivity (Wildman–Crippen MR) is 88.1 cm³/mol. The van der Waals surface area contributed by atoms with Gasteiger partial charge in [0.2, 0.25) is 0 Å². The second-order valence-electron chi connectivity index (χ2n) is 6.51. The molecule has 1 atom stereocenters. The Labute approximate surface area is 137 Å². The quantitative estimate of drug-likeness (QED) is 0.927. The molecule has 1 aromatic carbocycles. The van der Waals surface area contributed by atoms with Crippen LogP contribution in [-0.4, -0.2) is 50.4 Å². The summed E-state index contributed by atoms with van der Waals surface area (Å²) in [7, 11) is 3.21. The minimum atomic E-state index is -0.510. The number of carbonyl (C=O) groups excluding carboxylic acids is 1. The molecule has 1 heterocycles. The van der Waals surface area contributed by atoms with Gasteiger partial charge in [-0.1, -0.05) is 6.07 Å². The molecule has 0 bridgehead atoms. The van der Waals surface area contributed by atoms with Crippen LogP contribution in [0.2, 0.25) is 0 Å². The Morgan fingerprint density at radius 2 is 1.91 bits per heavy atom. The molecule has 128 valence electrons. The molecule has 0 radical (unpaired) electrons. The fourth-order valence-electron chi connectivity index (χ4n) is 2.60. The number of ether oxygens (including phenoxy) is 3. The van der Waals surface area contributed by atoms with Gasteiger partial charge < -0.3 is 19.5 Å². The molecule has 6 heteroatoms. The highest BCUT2D eigenvalue weighted by Crippen LogP contribution is 2.33. The summed E-state index contributed by atoms with van der Waals surface area (Å²) in [6, 6.07) is 5.62. The monoisotopic (exact) mass is 322 g/mol. The fourth-order valence-corrected chi connectivity index (χ4v) is 2.60. The normalized spacial score (nSPS) is 18.5. The van der Waals surface area contributed by atoms with E-state index in [1.54, 1.807) is 19.1 Å². The number of amides is 1. The van der Waals surface area contributed by atoms with E-state index in [1.165, 1.54) is 0 Å². The summed E-state index contributed by atoms with van der Waals surface area (Å²) < 4.78 is 16.2. The van der Waals surface area contributed by atoms with E-state index in [9.17, 15) is 4.79 Å². The van der Waals surface area contributed by atoms with Crippen LogP contribution >= 0.6 is 0 Å². The van der Waals surface area contributed by atoms with Crippen LogP contribution in [0.3, 0.4) is 0 Å². The van der Waals surface area contributed by atoms with E-state index < -0.39 is 5.60 Å². The third kappa shape index (κ3) is 4.28. The summed E-state index contributed by atoms with van der Waals surface area (Å²) in [5.74, 6) is 1.32. The number of rotatable bonds is 3. The van der Waals surface area contributed by atoms with Crippen LogP contribution in [0.5, 0.6) is 11.5 Å². The number of hydrogen-bond donors (Lipinski definition) is 1. The Bertz CT molecular complexity index is 554. The van der Waals surface area contributed by atoms with E-state index in [-0.39, 0.29) is 12.1 Å². The largest absolute Gasteiger partial charge is 0.493 e. The number of nitrogens with one attached hydrogen (secondary N) is 1. The van der Waals surface area contributed by atoms with Crippen molar-refractivity contribution in [2.24, 2.45) is 0 Å². The second-order valence-corrected chi connectivity index (χ2v) is 6.51. The zero-order chi connectivity index (χ0) is 17.0. The highest BCUT2D eigenvalue weighted by Gasteiger charge is 2.31. The van der Waals surface area contributed by atoms with Crippen molar-refractivity contribution in [1.82, 2.24) is 10.2 Å². The molecule has 0 aromatic heterocycles. The maximum Gasteiger partial charge on any atom is 0.410 e. The van der Waals surface area contributed by atoms with E-state index in [1.807, 2.05) is 39.0 Å². The van der Waals surface area contributed by atoms with Crippen LogP contribution in [-0.2, 0) is 4.74 Å². The molecule has 6 nitrogen and oxygen atoms in total. The van der Waals surface area contributed by atoms with Crippen LogP contribution in [0, 0.1) is 0 Å². The highest BCUT2D eigenvalue weighted by atomic mass is 16.6. The van der Waals surface area contributed by atoms with Crippen molar-refractivity contribution in [3.63, 3.8) is 0 Å². The summed E-state index contributed by atoms with van der Waals surface area (Å²) in [6.07, 6.45) is -0.293. The first kappa shape index (κ1) is 17.4. The van der Waals surface area contributed by atoms with Gasteiger partial charge in [0.05, 0.1) is 20.3 Å².